The molecule has 19 heavy (non-hydrogen) atoms. The zero-order valence-electron chi connectivity index (χ0n) is 10.8. The summed E-state index contributed by atoms with van der Waals surface area (Å²) < 4.78 is 1.13. The minimum atomic E-state index is 0.0946. The van der Waals surface area contributed by atoms with Gasteiger partial charge in [-0.15, -0.1) is 11.3 Å². The number of nitrogens with one attached hydrogen (secondary N) is 1. The fourth-order valence-corrected chi connectivity index (χ4v) is 3.48. The van der Waals surface area contributed by atoms with Gasteiger partial charge in [-0.2, -0.15) is 0 Å². The van der Waals surface area contributed by atoms with Crippen LogP contribution in [-0.2, 0) is 4.79 Å². The highest BCUT2D eigenvalue weighted by Gasteiger charge is 2.24. The van der Waals surface area contributed by atoms with Crippen LogP contribution in [0.5, 0.6) is 0 Å². The maximum Gasteiger partial charge on any atom is 0.254 e. The van der Waals surface area contributed by atoms with Crippen molar-refractivity contribution in [3.63, 3.8) is 0 Å². The Morgan fingerprint density at radius 1 is 1.47 bits per heavy atom. The number of carbonyl (C=O) groups excluding carboxylic acids is 2. The smallest absolute Gasteiger partial charge is 0.254 e. The molecule has 2 heterocycles. The fraction of sp³-hybridized carbons (Fsp3) is 0.538. The lowest BCUT2D eigenvalue weighted by molar-refractivity contribution is -0.121. The molecule has 1 aliphatic rings. The highest BCUT2D eigenvalue weighted by atomic mass is 127. The van der Waals surface area contributed by atoms with Gasteiger partial charge in [0.05, 0.1) is 8.45 Å². The van der Waals surface area contributed by atoms with E-state index < -0.39 is 0 Å². The summed E-state index contributed by atoms with van der Waals surface area (Å²) >= 11 is 3.82. The van der Waals surface area contributed by atoms with Crippen molar-refractivity contribution in [1.29, 1.82) is 0 Å². The van der Waals surface area contributed by atoms with Crippen molar-refractivity contribution in [1.82, 2.24) is 10.2 Å². The number of piperidine rings is 1. The molecule has 2 amide bonds. The van der Waals surface area contributed by atoms with Crippen LogP contribution in [0.3, 0.4) is 0 Å². The normalized spacial score (nSPS) is 16.4. The zero-order valence-corrected chi connectivity index (χ0v) is 13.8. The quantitative estimate of drug-likeness (QED) is 0.804. The molecule has 1 fully saturated rings. The van der Waals surface area contributed by atoms with E-state index in [4.69, 9.17) is 0 Å². The van der Waals surface area contributed by atoms with Crippen LogP contribution in [0.2, 0.25) is 0 Å². The van der Waals surface area contributed by atoms with E-state index in [9.17, 15) is 9.59 Å². The number of likely N-dealkylation sites (tertiary alicyclic amines) is 1. The second kappa shape index (κ2) is 6.69. The Morgan fingerprint density at radius 2 is 2.16 bits per heavy atom. The first-order valence-electron chi connectivity index (χ1n) is 6.42. The van der Waals surface area contributed by atoms with E-state index in [0.717, 1.165) is 34.4 Å². The summed E-state index contributed by atoms with van der Waals surface area (Å²) in [6, 6.07) is 2.15. The number of rotatable bonds is 3. The van der Waals surface area contributed by atoms with E-state index in [0.29, 0.717) is 6.42 Å². The maximum atomic E-state index is 12.2. The molecule has 104 valence electrons. The van der Waals surface area contributed by atoms with Crippen LogP contribution >= 0.6 is 33.9 Å². The van der Waals surface area contributed by atoms with E-state index in [1.54, 1.807) is 11.3 Å². The molecule has 0 radical (unpaired) electrons. The van der Waals surface area contributed by atoms with Crippen molar-refractivity contribution in [3.8, 4) is 0 Å². The summed E-state index contributed by atoms with van der Waals surface area (Å²) in [5.74, 6) is 0.205. The van der Waals surface area contributed by atoms with Crippen LogP contribution in [0.4, 0.5) is 0 Å². The number of halogens is 1. The molecule has 0 unspecified atom stereocenters. The number of hydrogen-bond acceptors (Lipinski definition) is 3. The summed E-state index contributed by atoms with van der Waals surface area (Å²) in [5.41, 5.74) is 0.783. The number of carbonyl (C=O) groups is 2. The molecule has 1 aromatic rings. The lowest BCUT2D eigenvalue weighted by Crippen LogP contribution is -2.46. The molecule has 2 rings (SSSR count). The fourth-order valence-electron chi connectivity index (χ4n) is 2.16. The van der Waals surface area contributed by atoms with E-state index in [1.165, 1.54) is 0 Å². The number of amides is 2. The van der Waals surface area contributed by atoms with Crippen LogP contribution in [0.25, 0.3) is 0 Å². The third-order valence-electron chi connectivity index (χ3n) is 3.28. The molecule has 1 N–H and O–H groups in total. The molecule has 0 saturated carbocycles. The monoisotopic (exact) mass is 392 g/mol. The predicted molar refractivity (Wildman–Crippen MR) is 84.4 cm³/mol. The molecule has 1 saturated heterocycles. The first kappa shape index (κ1) is 14.8. The van der Waals surface area contributed by atoms with Crippen LogP contribution in [0.15, 0.2) is 11.4 Å². The number of nitrogens with zero attached hydrogens (tertiary/aromatic N) is 1. The van der Waals surface area contributed by atoms with Gasteiger partial charge in [-0.25, -0.2) is 0 Å². The first-order valence-corrected chi connectivity index (χ1v) is 8.38. The van der Waals surface area contributed by atoms with E-state index in [-0.39, 0.29) is 17.9 Å². The molecular formula is C13H17IN2O2S. The summed E-state index contributed by atoms with van der Waals surface area (Å²) in [4.78, 5) is 25.5. The molecule has 4 nitrogen and oxygen atoms in total. The summed E-state index contributed by atoms with van der Waals surface area (Å²) in [6.45, 7) is 3.30. The highest BCUT2D eigenvalue weighted by molar-refractivity contribution is 14.1. The van der Waals surface area contributed by atoms with E-state index in [1.807, 2.05) is 23.3 Å². The zero-order chi connectivity index (χ0) is 13.8. The third kappa shape index (κ3) is 3.92. The van der Waals surface area contributed by atoms with Crippen LogP contribution in [0.1, 0.15) is 36.5 Å². The van der Waals surface area contributed by atoms with Crippen molar-refractivity contribution >= 4 is 45.7 Å². The number of hydrogen-bond donors (Lipinski definition) is 1. The van der Waals surface area contributed by atoms with E-state index >= 15 is 0 Å². The predicted octanol–water partition coefficient (Wildman–Crippen LogP) is 2.48. The third-order valence-corrected chi connectivity index (χ3v) is 5.07. The molecular weight excluding hydrogens is 375 g/mol. The lowest BCUT2D eigenvalue weighted by Gasteiger charge is -2.32. The van der Waals surface area contributed by atoms with Gasteiger partial charge in [0, 0.05) is 30.9 Å². The summed E-state index contributed by atoms with van der Waals surface area (Å²) in [7, 11) is 0. The minimum Gasteiger partial charge on any atom is -0.353 e. The minimum absolute atomic E-state index is 0.0946. The van der Waals surface area contributed by atoms with Gasteiger partial charge < -0.3 is 10.2 Å². The van der Waals surface area contributed by atoms with Crippen molar-refractivity contribution < 1.29 is 9.59 Å². The van der Waals surface area contributed by atoms with Gasteiger partial charge in [-0.1, -0.05) is 6.92 Å². The Labute approximate surface area is 130 Å². The molecule has 1 aromatic heterocycles. The van der Waals surface area contributed by atoms with Crippen molar-refractivity contribution in [2.45, 2.75) is 32.2 Å². The van der Waals surface area contributed by atoms with Crippen LogP contribution in [0, 0.1) is 2.88 Å². The van der Waals surface area contributed by atoms with Crippen LogP contribution in [-0.4, -0.2) is 35.8 Å². The highest BCUT2D eigenvalue weighted by Crippen LogP contribution is 2.20. The van der Waals surface area contributed by atoms with Crippen LogP contribution < -0.4 is 5.32 Å². The molecule has 0 spiro atoms. The summed E-state index contributed by atoms with van der Waals surface area (Å²) in [5, 5.41) is 4.91. The molecule has 1 aliphatic heterocycles. The Bertz CT molecular complexity index is 467. The van der Waals surface area contributed by atoms with Gasteiger partial charge in [0.2, 0.25) is 5.91 Å². The second-order valence-electron chi connectivity index (χ2n) is 4.63. The second-order valence-corrected chi connectivity index (χ2v) is 7.43. The largest absolute Gasteiger partial charge is 0.353 e. The van der Waals surface area contributed by atoms with Gasteiger partial charge in [0.1, 0.15) is 0 Å². The lowest BCUT2D eigenvalue weighted by atomic mass is 10.0. The van der Waals surface area contributed by atoms with Gasteiger partial charge >= 0.3 is 0 Å². The average molecular weight is 392 g/mol. The topological polar surface area (TPSA) is 49.4 Å². The Morgan fingerprint density at radius 3 is 2.68 bits per heavy atom. The molecule has 0 bridgehead atoms. The van der Waals surface area contributed by atoms with Crippen molar-refractivity contribution in [3.05, 3.63) is 19.9 Å². The Hall–Kier alpha value is -0.630. The first-order chi connectivity index (χ1) is 9.10. The van der Waals surface area contributed by atoms with Gasteiger partial charge in [-0.05, 0) is 41.5 Å². The summed E-state index contributed by atoms with van der Waals surface area (Å²) in [6.07, 6.45) is 2.21. The molecule has 6 heteroatoms. The van der Waals surface area contributed by atoms with E-state index in [2.05, 4.69) is 27.9 Å². The molecule has 0 atom stereocenters. The standard InChI is InChI=1S/C13H17IN2O2S/c1-2-12(17)15-10-3-5-16(6-4-10)13(18)9-7-11(14)19-8-9/h7-8,10H,2-6H2,1H3,(H,15,17). The van der Waals surface area contributed by atoms with Gasteiger partial charge in [0.15, 0.2) is 0 Å². The van der Waals surface area contributed by atoms with Crippen molar-refractivity contribution in [2.75, 3.05) is 13.1 Å². The molecule has 0 aromatic carbocycles. The van der Waals surface area contributed by atoms with Gasteiger partial charge in [-0.3, -0.25) is 9.59 Å². The molecule has 0 aliphatic carbocycles. The Balaban J connectivity index is 1.86. The number of thiophene rings is 1. The van der Waals surface area contributed by atoms with Crippen molar-refractivity contribution in [2.24, 2.45) is 0 Å². The Kier molecular flexibility index (Phi) is 5.20. The average Bonchev–Trinajstić information content (AvgIpc) is 2.85. The SMILES string of the molecule is CCC(=O)NC1CCN(C(=O)c2csc(I)c2)CC1. The maximum absolute atomic E-state index is 12.2. The van der Waals surface area contributed by atoms with Gasteiger partial charge in [0.25, 0.3) is 5.91 Å².